The normalized spacial score (nSPS) is 17.5. The fraction of sp³-hybridized carbons (Fsp3) is 0.440. The van der Waals surface area contributed by atoms with Crippen LogP contribution < -0.4 is 20.5 Å². The molecule has 1 fully saturated rings. The van der Waals surface area contributed by atoms with E-state index in [0.29, 0.717) is 12.2 Å². The van der Waals surface area contributed by atoms with E-state index in [1.165, 1.54) is 5.56 Å². The Morgan fingerprint density at radius 3 is 2.79 bits per heavy atom. The molecule has 3 aromatic rings. The lowest BCUT2D eigenvalue weighted by atomic mass is 10.0. The smallest absolute Gasteiger partial charge is 0.253 e. The predicted octanol–water partition coefficient (Wildman–Crippen LogP) is 2.71. The summed E-state index contributed by atoms with van der Waals surface area (Å²) in [5, 5.41) is 14.1. The molecule has 0 bridgehead atoms. The van der Waals surface area contributed by atoms with E-state index in [2.05, 4.69) is 43.3 Å². The molecule has 1 aromatic carbocycles. The molecule has 2 aliphatic rings. The fourth-order valence-electron chi connectivity index (χ4n) is 4.67. The molecule has 8 heteroatoms. The maximum Gasteiger partial charge on any atom is 0.253 e. The topological polar surface area (TPSA) is 93.7 Å². The molecule has 3 N–H and O–H groups in total. The number of fused-ring (bicyclic) bond motifs is 3. The van der Waals surface area contributed by atoms with Crippen molar-refractivity contribution in [2.45, 2.75) is 39.0 Å². The Bertz CT molecular complexity index is 1170. The first-order chi connectivity index (χ1) is 16.1. The molecule has 0 aliphatic carbocycles. The van der Waals surface area contributed by atoms with Gasteiger partial charge in [0.05, 0.1) is 17.4 Å². The standard InChI is InChI=1S/C25H31N5O3/c1-2-23(31)33-18-6-8-22(27-15-18)30-12-10-29(11-13-30)16-17-5-7-19-21(14-17)28-25(32)20-4-3-9-26-24(19)20/h5-8,14-15,23,26,31H,2-4,9-13,16H2,1H3,(H,28,32). The van der Waals surface area contributed by atoms with Crippen LogP contribution in [0.4, 0.5) is 11.5 Å². The molecule has 5 rings (SSSR count). The summed E-state index contributed by atoms with van der Waals surface area (Å²) in [6.07, 6.45) is 3.25. The van der Waals surface area contributed by atoms with E-state index >= 15 is 0 Å². The number of nitrogens with one attached hydrogen (secondary N) is 2. The summed E-state index contributed by atoms with van der Waals surface area (Å²) >= 11 is 0. The molecule has 0 radical (unpaired) electrons. The number of piperazine rings is 1. The number of hydrogen-bond donors (Lipinski definition) is 3. The number of H-pyrrole nitrogens is 1. The van der Waals surface area contributed by atoms with Gasteiger partial charge < -0.3 is 25.0 Å². The van der Waals surface area contributed by atoms with E-state index in [1.807, 2.05) is 19.1 Å². The van der Waals surface area contributed by atoms with Gasteiger partial charge in [0, 0.05) is 56.6 Å². The third kappa shape index (κ3) is 4.67. The molecule has 1 unspecified atom stereocenters. The molecule has 0 saturated carbocycles. The number of aromatic amines is 1. The number of anilines is 2. The zero-order chi connectivity index (χ0) is 22.8. The van der Waals surface area contributed by atoms with Gasteiger partial charge in [0.15, 0.2) is 6.29 Å². The maximum atomic E-state index is 12.5. The van der Waals surface area contributed by atoms with Crippen LogP contribution in [-0.4, -0.2) is 59.0 Å². The van der Waals surface area contributed by atoms with E-state index in [-0.39, 0.29) is 5.56 Å². The van der Waals surface area contributed by atoms with Crippen molar-refractivity contribution in [3.8, 4) is 5.75 Å². The Balaban J connectivity index is 1.22. The summed E-state index contributed by atoms with van der Waals surface area (Å²) in [5.74, 6) is 1.51. The second kappa shape index (κ2) is 9.41. The highest BCUT2D eigenvalue weighted by atomic mass is 16.6. The second-order valence-corrected chi connectivity index (χ2v) is 8.81. The SMILES string of the molecule is CCC(O)Oc1ccc(N2CCN(Cc3ccc4c5c(c(=O)[nH]c4c3)CCCN5)CC2)nc1. The first kappa shape index (κ1) is 21.7. The van der Waals surface area contributed by atoms with Crippen LogP contribution in [0.25, 0.3) is 10.9 Å². The highest BCUT2D eigenvalue weighted by Gasteiger charge is 2.20. The van der Waals surface area contributed by atoms with E-state index < -0.39 is 6.29 Å². The summed E-state index contributed by atoms with van der Waals surface area (Å²) in [7, 11) is 0. The highest BCUT2D eigenvalue weighted by molar-refractivity contribution is 5.93. The molecule has 0 spiro atoms. The number of benzene rings is 1. The molecule has 4 heterocycles. The summed E-state index contributed by atoms with van der Waals surface area (Å²) in [6.45, 7) is 7.31. The quantitative estimate of drug-likeness (QED) is 0.498. The van der Waals surface area contributed by atoms with Crippen molar-refractivity contribution in [1.29, 1.82) is 0 Å². The van der Waals surface area contributed by atoms with Crippen LogP contribution in [0, 0.1) is 0 Å². The number of pyridine rings is 2. The van der Waals surface area contributed by atoms with Crippen molar-refractivity contribution in [3.05, 3.63) is 58.0 Å². The fourth-order valence-corrected chi connectivity index (χ4v) is 4.67. The third-order valence-electron chi connectivity index (χ3n) is 6.53. The third-order valence-corrected chi connectivity index (χ3v) is 6.53. The summed E-state index contributed by atoms with van der Waals surface area (Å²) in [5.41, 5.74) is 4.03. The monoisotopic (exact) mass is 449 g/mol. The number of hydrogen-bond acceptors (Lipinski definition) is 7. The first-order valence-electron chi connectivity index (χ1n) is 11.8. The van der Waals surface area contributed by atoms with Gasteiger partial charge in [-0.05, 0) is 36.6 Å². The van der Waals surface area contributed by atoms with Gasteiger partial charge in [-0.25, -0.2) is 4.98 Å². The van der Waals surface area contributed by atoms with Gasteiger partial charge in [-0.2, -0.15) is 0 Å². The van der Waals surface area contributed by atoms with Crippen molar-refractivity contribution in [2.75, 3.05) is 42.9 Å². The van der Waals surface area contributed by atoms with Crippen LogP contribution in [0.15, 0.2) is 41.3 Å². The molecule has 8 nitrogen and oxygen atoms in total. The number of ether oxygens (including phenoxy) is 1. The molecule has 1 atom stereocenters. The van der Waals surface area contributed by atoms with Crippen molar-refractivity contribution in [1.82, 2.24) is 14.9 Å². The highest BCUT2D eigenvalue weighted by Crippen LogP contribution is 2.28. The summed E-state index contributed by atoms with van der Waals surface area (Å²) < 4.78 is 5.40. The lowest BCUT2D eigenvalue weighted by Crippen LogP contribution is -2.46. The summed E-state index contributed by atoms with van der Waals surface area (Å²) in [4.78, 5) is 24.8. The molecular formula is C25H31N5O3. The van der Waals surface area contributed by atoms with E-state index in [1.54, 1.807) is 6.20 Å². The second-order valence-electron chi connectivity index (χ2n) is 8.81. The minimum absolute atomic E-state index is 0.0311. The largest absolute Gasteiger partial charge is 0.464 e. The van der Waals surface area contributed by atoms with Gasteiger partial charge in [-0.1, -0.05) is 19.1 Å². The van der Waals surface area contributed by atoms with Gasteiger partial charge in [0.2, 0.25) is 0 Å². The van der Waals surface area contributed by atoms with Crippen LogP contribution in [-0.2, 0) is 13.0 Å². The minimum Gasteiger partial charge on any atom is -0.464 e. The average molecular weight is 450 g/mol. The Kier molecular flexibility index (Phi) is 6.20. The zero-order valence-corrected chi connectivity index (χ0v) is 19.0. The zero-order valence-electron chi connectivity index (χ0n) is 19.0. The summed E-state index contributed by atoms with van der Waals surface area (Å²) in [6, 6.07) is 10.2. The number of aromatic nitrogens is 2. The van der Waals surface area contributed by atoms with Crippen LogP contribution in [0.2, 0.25) is 0 Å². The average Bonchev–Trinajstić information content (AvgIpc) is 2.85. The van der Waals surface area contributed by atoms with Crippen LogP contribution >= 0.6 is 0 Å². The van der Waals surface area contributed by atoms with E-state index in [4.69, 9.17) is 4.74 Å². The van der Waals surface area contributed by atoms with Gasteiger partial charge in [-0.15, -0.1) is 0 Å². The minimum atomic E-state index is -0.796. The van der Waals surface area contributed by atoms with Gasteiger partial charge in [0.1, 0.15) is 11.6 Å². The predicted molar refractivity (Wildman–Crippen MR) is 130 cm³/mol. The van der Waals surface area contributed by atoms with Crippen molar-refractivity contribution >= 4 is 22.4 Å². The Morgan fingerprint density at radius 1 is 1.18 bits per heavy atom. The van der Waals surface area contributed by atoms with E-state index in [0.717, 1.165) is 80.1 Å². The van der Waals surface area contributed by atoms with Gasteiger partial charge >= 0.3 is 0 Å². The Labute approximate surface area is 193 Å². The van der Waals surface area contributed by atoms with Crippen LogP contribution in [0.1, 0.15) is 30.9 Å². The van der Waals surface area contributed by atoms with Gasteiger partial charge in [-0.3, -0.25) is 9.69 Å². The van der Waals surface area contributed by atoms with Crippen molar-refractivity contribution < 1.29 is 9.84 Å². The number of rotatable bonds is 6. The number of aliphatic hydroxyl groups is 1. The Morgan fingerprint density at radius 2 is 2.03 bits per heavy atom. The van der Waals surface area contributed by atoms with Gasteiger partial charge in [0.25, 0.3) is 5.56 Å². The van der Waals surface area contributed by atoms with Crippen molar-refractivity contribution in [2.24, 2.45) is 0 Å². The maximum absolute atomic E-state index is 12.5. The molecule has 33 heavy (non-hydrogen) atoms. The molecular weight excluding hydrogens is 418 g/mol. The number of aliphatic hydroxyl groups excluding tert-OH is 1. The van der Waals surface area contributed by atoms with Crippen molar-refractivity contribution in [3.63, 3.8) is 0 Å². The van der Waals surface area contributed by atoms with Crippen LogP contribution in [0.5, 0.6) is 5.75 Å². The lowest BCUT2D eigenvalue weighted by molar-refractivity contribution is -0.0193. The lowest BCUT2D eigenvalue weighted by Gasteiger charge is -2.35. The molecule has 1 saturated heterocycles. The first-order valence-corrected chi connectivity index (χ1v) is 11.8. The number of nitrogens with zero attached hydrogens (tertiary/aromatic N) is 3. The van der Waals surface area contributed by atoms with E-state index in [9.17, 15) is 9.90 Å². The molecule has 2 aromatic heterocycles. The Hall–Kier alpha value is -3.10. The molecule has 2 aliphatic heterocycles. The van der Waals surface area contributed by atoms with Crippen LogP contribution in [0.3, 0.4) is 0 Å². The molecule has 174 valence electrons. The molecule has 0 amide bonds.